The highest BCUT2D eigenvalue weighted by Gasteiger charge is 2.49. The first kappa shape index (κ1) is 59.6. The highest BCUT2D eigenvalue weighted by Crippen LogP contribution is 2.63. The highest BCUT2D eigenvalue weighted by atomic mass is 15.1. The van der Waals surface area contributed by atoms with E-state index in [2.05, 4.69) is 422 Å². The van der Waals surface area contributed by atoms with E-state index in [1.54, 1.807) is 0 Å². The summed E-state index contributed by atoms with van der Waals surface area (Å²) in [4.78, 5) is 4.84. The van der Waals surface area contributed by atoms with Crippen LogP contribution in [0.25, 0.3) is 76.8 Å². The molecule has 0 bridgehead atoms. The maximum atomic E-state index is 2.49. The Morgan fingerprint density at radius 2 is 0.460 bits per heavy atom. The van der Waals surface area contributed by atoms with Crippen LogP contribution in [-0.4, -0.2) is 0 Å². The fraction of sp³-hybridized carbons (Fsp3) is 0.0204. The molecule has 2 nitrogen and oxygen atoms in total. The van der Waals surface area contributed by atoms with Gasteiger partial charge in [-0.15, -0.1) is 0 Å². The molecule has 0 atom stereocenters. The summed E-state index contributed by atoms with van der Waals surface area (Å²) in [5, 5.41) is 7.45. The predicted octanol–water partition coefficient (Wildman–Crippen LogP) is 25.8. The molecule has 0 saturated carbocycles. The smallest absolute Gasteiger partial charge is 0.0714 e. The van der Waals surface area contributed by atoms with Crippen LogP contribution in [0.15, 0.2) is 413 Å². The molecular formula is C98H68N2. The van der Waals surface area contributed by atoms with Crippen LogP contribution >= 0.6 is 0 Å². The molecule has 0 saturated heterocycles. The second-order valence-corrected chi connectivity index (χ2v) is 26.2. The molecule has 0 fully saturated rings. The van der Waals surface area contributed by atoms with Crippen LogP contribution in [0.5, 0.6) is 0 Å². The Labute approximate surface area is 584 Å². The van der Waals surface area contributed by atoms with Crippen LogP contribution in [0, 0.1) is 0 Å². The maximum absolute atomic E-state index is 2.49. The number of benzene rings is 17. The Bertz CT molecular complexity index is 5650. The summed E-state index contributed by atoms with van der Waals surface area (Å²) >= 11 is 0. The molecule has 0 N–H and O–H groups in total. The quantitative estimate of drug-likeness (QED) is 0.120. The van der Waals surface area contributed by atoms with Crippen LogP contribution in [0.2, 0.25) is 0 Å². The fourth-order valence-electron chi connectivity index (χ4n) is 16.5. The topological polar surface area (TPSA) is 6.48 Å². The Morgan fingerprint density at radius 1 is 0.180 bits per heavy atom. The molecule has 17 aromatic rings. The normalized spacial score (nSPS) is 12.8. The lowest BCUT2D eigenvalue weighted by atomic mass is 9.67. The first-order valence-corrected chi connectivity index (χ1v) is 34.6. The maximum Gasteiger partial charge on any atom is 0.0714 e. The van der Waals surface area contributed by atoms with E-state index in [-0.39, 0.29) is 0 Å². The summed E-state index contributed by atoms with van der Waals surface area (Å²) in [5.74, 6) is 0. The largest absolute Gasteiger partial charge is 0.310 e. The van der Waals surface area contributed by atoms with Crippen LogP contribution in [0.1, 0.15) is 44.5 Å². The number of nitrogens with zero attached hydrogens (tertiary/aromatic N) is 2. The molecule has 19 rings (SSSR count). The first-order valence-electron chi connectivity index (χ1n) is 34.6. The molecule has 0 unspecified atom stereocenters. The molecular weight excluding hydrogens is 1210 g/mol. The number of rotatable bonds is 12. The third-order valence-corrected chi connectivity index (χ3v) is 20.8. The SMILES string of the molecule is c1ccc(-c2ccc3c(c2)C(c2ccccc2)(c2ccccc2)c2cc(N(c4ccccc4)c4ccccc4)c4ccccc4c2-3)cc1.c1ccc(N(c2ccccc2)c2cc3c(c4ccccc24)-c2ccc(-c4ccc5ccccc5c4)cc2C3(c2ccccc2)c2ccccc2)cc1. The molecule has 0 aromatic heterocycles. The zero-order valence-electron chi connectivity index (χ0n) is 55.2. The molecule has 100 heavy (non-hydrogen) atoms. The summed E-state index contributed by atoms with van der Waals surface area (Å²) in [7, 11) is 0. The van der Waals surface area contributed by atoms with Gasteiger partial charge < -0.3 is 9.80 Å². The number of hydrogen-bond donors (Lipinski definition) is 0. The third-order valence-electron chi connectivity index (χ3n) is 20.8. The molecule has 2 aliphatic rings. The van der Waals surface area contributed by atoms with Gasteiger partial charge >= 0.3 is 0 Å². The zero-order chi connectivity index (χ0) is 66.4. The minimum atomic E-state index is -0.572. The molecule has 0 aliphatic heterocycles. The second kappa shape index (κ2) is 25.3. The zero-order valence-corrected chi connectivity index (χ0v) is 55.2. The van der Waals surface area contributed by atoms with Crippen molar-refractivity contribution in [1.29, 1.82) is 0 Å². The van der Waals surface area contributed by atoms with Gasteiger partial charge in [0.2, 0.25) is 0 Å². The van der Waals surface area contributed by atoms with Crippen molar-refractivity contribution in [2.24, 2.45) is 0 Å². The van der Waals surface area contributed by atoms with E-state index in [1.807, 2.05) is 0 Å². The predicted molar refractivity (Wildman–Crippen MR) is 420 cm³/mol. The van der Waals surface area contributed by atoms with Crippen molar-refractivity contribution >= 4 is 66.4 Å². The van der Waals surface area contributed by atoms with E-state index < -0.39 is 10.8 Å². The van der Waals surface area contributed by atoms with Gasteiger partial charge in [-0.25, -0.2) is 0 Å². The molecule has 0 spiro atoms. The third kappa shape index (κ3) is 9.86. The van der Waals surface area contributed by atoms with E-state index in [9.17, 15) is 0 Å². The summed E-state index contributed by atoms with van der Waals surface area (Å²) in [6.07, 6.45) is 0. The molecule has 2 aliphatic carbocycles. The Morgan fingerprint density at radius 3 is 0.830 bits per heavy atom. The fourth-order valence-corrected chi connectivity index (χ4v) is 16.5. The van der Waals surface area contributed by atoms with Crippen molar-refractivity contribution in [2.75, 3.05) is 9.80 Å². The van der Waals surface area contributed by atoms with E-state index >= 15 is 0 Å². The number of anilines is 6. The molecule has 17 aromatic carbocycles. The standard InChI is InChI=1S/C51H35N.C47H33N/c1-5-19-40(20-6-1)51(41-21-7-2-8-22-41)47-34-39(38-30-29-36-17-13-14-18-37(36)33-38)31-32-46(47)50-45-28-16-15-27-44(45)49(35-48(50)51)52(42-23-9-3-10-24-42)43-25-11-4-12-26-43;1-6-18-34(19-7-1)35-30-31-42-43(32-35)47(36-20-8-2-9-21-36,37-22-10-3-11-23-37)44-33-45(40-28-16-17-29-41(40)46(42)44)48(38-24-12-4-13-25-38)39-26-14-5-15-27-39/h1-35H;1-33H. The summed E-state index contributed by atoms with van der Waals surface area (Å²) in [6, 6.07) is 151. The molecule has 0 radical (unpaired) electrons. The van der Waals surface area contributed by atoms with E-state index in [0.29, 0.717) is 0 Å². The lowest BCUT2D eigenvalue weighted by molar-refractivity contribution is 0.769. The monoisotopic (exact) mass is 1270 g/mol. The molecule has 2 heteroatoms. The van der Waals surface area contributed by atoms with Crippen LogP contribution in [-0.2, 0) is 10.8 Å². The van der Waals surface area contributed by atoms with Crippen molar-refractivity contribution in [1.82, 2.24) is 0 Å². The van der Waals surface area contributed by atoms with Gasteiger partial charge in [-0.05, 0) is 189 Å². The lowest BCUT2D eigenvalue weighted by Crippen LogP contribution is -2.29. The highest BCUT2D eigenvalue weighted by molar-refractivity contribution is 6.13. The number of para-hydroxylation sites is 4. The summed E-state index contributed by atoms with van der Waals surface area (Å²) in [5.41, 5.74) is 26.0. The van der Waals surface area contributed by atoms with Gasteiger partial charge in [0.1, 0.15) is 0 Å². The minimum absolute atomic E-state index is 0.546. The van der Waals surface area contributed by atoms with E-state index in [4.69, 9.17) is 0 Å². The van der Waals surface area contributed by atoms with Crippen molar-refractivity contribution in [3.8, 4) is 44.5 Å². The van der Waals surface area contributed by atoms with Gasteiger partial charge in [0.15, 0.2) is 0 Å². The number of hydrogen-bond acceptors (Lipinski definition) is 2. The van der Waals surface area contributed by atoms with Gasteiger partial charge in [0, 0.05) is 33.5 Å². The van der Waals surface area contributed by atoms with Crippen molar-refractivity contribution in [3.63, 3.8) is 0 Å². The average molecular weight is 1270 g/mol. The number of fused-ring (bicyclic) bond motifs is 11. The Hall–Kier alpha value is -12.9. The molecule has 0 heterocycles. The molecule has 470 valence electrons. The summed E-state index contributed by atoms with van der Waals surface area (Å²) in [6.45, 7) is 0. The average Bonchev–Trinajstić information content (AvgIpc) is 1.52. The van der Waals surface area contributed by atoms with E-state index in [0.717, 1.165) is 34.1 Å². The van der Waals surface area contributed by atoms with Crippen molar-refractivity contribution < 1.29 is 0 Å². The first-order chi connectivity index (χ1) is 49.6. The van der Waals surface area contributed by atoms with Gasteiger partial charge in [-0.1, -0.05) is 334 Å². The van der Waals surface area contributed by atoms with Crippen LogP contribution in [0.3, 0.4) is 0 Å². The molecule has 0 amide bonds. The van der Waals surface area contributed by atoms with Gasteiger partial charge in [0.25, 0.3) is 0 Å². The van der Waals surface area contributed by atoms with Crippen LogP contribution < -0.4 is 9.80 Å². The second-order valence-electron chi connectivity index (χ2n) is 26.2. The summed E-state index contributed by atoms with van der Waals surface area (Å²) < 4.78 is 0. The Kier molecular flexibility index (Phi) is 15.1. The van der Waals surface area contributed by atoms with Gasteiger partial charge in [-0.3, -0.25) is 0 Å². The van der Waals surface area contributed by atoms with Crippen LogP contribution in [0.4, 0.5) is 34.1 Å². The Balaban J connectivity index is 0.000000145. The van der Waals surface area contributed by atoms with Gasteiger partial charge in [0.05, 0.1) is 22.2 Å². The van der Waals surface area contributed by atoms with Crippen molar-refractivity contribution in [2.45, 2.75) is 10.8 Å². The van der Waals surface area contributed by atoms with Gasteiger partial charge in [-0.2, -0.15) is 0 Å². The van der Waals surface area contributed by atoms with Crippen molar-refractivity contribution in [3.05, 3.63) is 457 Å². The van der Waals surface area contributed by atoms with E-state index in [1.165, 1.54) is 121 Å². The minimum Gasteiger partial charge on any atom is -0.310 e. The lowest BCUT2D eigenvalue weighted by Gasteiger charge is -2.35.